The molecular weight excluding hydrogens is 246 g/mol. The molecule has 1 rings (SSSR count). The van der Waals surface area contributed by atoms with Crippen molar-refractivity contribution in [2.45, 2.75) is 46.1 Å². The molecule has 0 bridgehead atoms. The van der Waals surface area contributed by atoms with Crippen molar-refractivity contribution in [3.8, 4) is 0 Å². The average molecular weight is 267 g/mol. The summed E-state index contributed by atoms with van der Waals surface area (Å²) in [6, 6.07) is 0.733. The Bertz CT molecular complexity index is 472. The number of hydrogen-bond acceptors (Lipinski definition) is 3. The van der Waals surface area contributed by atoms with Crippen LogP contribution in [0.5, 0.6) is 0 Å². The lowest BCUT2D eigenvalue weighted by molar-refractivity contribution is -0.140. The Kier molecular flexibility index (Phi) is 4.34. The average Bonchev–Trinajstić information content (AvgIpc) is 2.73. The van der Waals surface area contributed by atoms with Gasteiger partial charge in [-0.15, -0.1) is 0 Å². The normalized spacial score (nSPS) is 13.4. The highest BCUT2D eigenvalue weighted by atomic mass is 16.4. The van der Waals surface area contributed by atoms with E-state index in [-0.39, 0.29) is 17.0 Å². The highest BCUT2D eigenvalue weighted by Crippen LogP contribution is 2.20. The standard InChI is InChI=1S/C13H21N3O3/c1-7(2)10(12(18)19)14-11(17)8-6-9(16-15-8)13(3,4)5/h6-7,10H,1-5H3,(H,14,17)(H,15,16)(H,18,19)/t10-/m0/s1. The molecule has 0 saturated carbocycles. The minimum atomic E-state index is -1.05. The molecule has 6 nitrogen and oxygen atoms in total. The fourth-order valence-electron chi connectivity index (χ4n) is 1.55. The van der Waals surface area contributed by atoms with Crippen molar-refractivity contribution >= 4 is 11.9 Å². The topological polar surface area (TPSA) is 95.1 Å². The van der Waals surface area contributed by atoms with Gasteiger partial charge in [0.2, 0.25) is 0 Å². The summed E-state index contributed by atoms with van der Waals surface area (Å²) < 4.78 is 0. The zero-order chi connectivity index (χ0) is 14.8. The third kappa shape index (κ3) is 3.81. The molecule has 0 aliphatic heterocycles. The van der Waals surface area contributed by atoms with Gasteiger partial charge >= 0.3 is 5.97 Å². The first-order valence-electron chi connectivity index (χ1n) is 6.22. The van der Waals surface area contributed by atoms with Gasteiger partial charge in [0.15, 0.2) is 0 Å². The molecule has 3 N–H and O–H groups in total. The van der Waals surface area contributed by atoms with Crippen LogP contribution < -0.4 is 5.32 Å². The lowest BCUT2D eigenvalue weighted by Crippen LogP contribution is -2.44. The first-order chi connectivity index (χ1) is 8.62. The van der Waals surface area contributed by atoms with E-state index < -0.39 is 17.9 Å². The largest absolute Gasteiger partial charge is 0.480 e. The number of aliphatic carboxylic acids is 1. The Morgan fingerprint density at radius 1 is 1.37 bits per heavy atom. The van der Waals surface area contributed by atoms with E-state index in [1.807, 2.05) is 20.8 Å². The van der Waals surface area contributed by atoms with Crippen LogP contribution in [0.15, 0.2) is 6.07 Å². The minimum absolute atomic E-state index is 0.143. The Hall–Kier alpha value is -1.85. The molecule has 6 heteroatoms. The molecule has 0 aliphatic carbocycles. The van der Waals surface area contributed by atoms with Gasteiger partial charge in [0.25, 0.3) is 5.91 Å². The summed E-state index contributed by atoms with van der Waals surface area (Å²) in [7, 11) is 0. The lowest BCUT2D eigenvalue weighted by Gasteiger charge is -2.17. The third-order valence-electron chi connectivity index (χ3n) is 2.84. The molecule has 0 unspecified atom stereocenters. The van der Waals surface area contributed by atoms with E-state index in [2.05, 4.69) is 15.5 Å². The van der Waals surface area contributed by atoms with Gasteiger partial charge in [-0.3, -0.25) is 9.89 Å². The molecule has 1 heterocycles. The Balaban J connectivity index is 2.84. The van der Waals surface area contributed by atoms with Crippen LogP contribution >= 0.6 is 0 Å². The first kappa shape index (κ1) is 15.2. The van der Waals surface area contributed by atoms with Crippen molar-refractivity contribution < 1.29 is 14.7 Å². The number of nitrogens with zero attached hydrogens (tertiary/aromatic N) is 1. The van der Waals surface area contributed by atoms with Gasteiger partial charge in [-0.1, -0.05) is 34.6 Å². The summed E-state index contributed by atoms with van der Waals surface area (Å²) in [5.41, 5.74) is 0.890. The van der Waals surface area contributed by atoms with Gasteiger partial charge < -0.3 is 10.4 Å². The summed E-state index contributed by atoms with van der Waals surface area (Å²) in [5, 5.41) is 18.2. The highest BCUT2D eigenvalue weighted by Gasteiger charge is 2.26. The fraction of sp³-hybridized carbons (Fsp3) is 0.615. The summed E-state index contributed by atoms with van der Waals surface area (Å²) in [6.45, 7) is 9.47. The van der Waals surface area contributed by atoms with Crippen molar-refractivity contribution in [3.05, 3.63) is 17.5 Å². The zero-order valence-corrected chi connectivity index (χ0v) is 11.9. The zero-order valence-electron chi connectivity index (χ0n) is 11.9. The quantitative estimate of drug-likeness (QED) is 0.771. The fourth-order valence-corrected chi connectivity index (χ4v) is 1.55. The van der Waals surface area contributed by atoms with E-state index >= 15 is 0 Å². The molecule has 0 aliphatic rings. The monoisotopic (exact) mass is 267 g/mol. The van der Waals surface area contributed by atoms with E-state index in [4.69, 9.17) is 5.11 Å². The molecular formula is C13H21N3O3. The Morgan fingerprint density at radius 3 is 2.32 bits per heavy atom. The van der Waals surface area contributed by atoms with Gasteiger partial charge in [-0.2, -0.15) is 5.10 Å². The van der Waals surface area contributed by atoms with Crippen LogP contribution in [0.1, 0.15) is 50.8 Å². The van der Waals surface area contributed by atoms with Gasteiger partial charge in [0.05, 0.1) is 0 Å². The van der Waals surface area contributed by atoms with E-state index in [1.165, 1.54) is 0 Å². The second kappa shape index (κ2) is 5.42. The van der Waals surface area contributed by atoms with Crippen LogP contribution in [0.4, 0.5) is 0 Å². The molecule has 0 radical (unpaired) electrons. The number of hydrogen-bond donors (Lipinski definition) is 3. The highest BCUT2D eigenvalue weighted by molar-refractivity contribution is 5.95. The van der Waals surface area contributed by atoms with Crippen LogP contribution in [0.2, 0.25) is 0 Å². The van der Waals surface area contributed by atoms with Crippen LogP contribution in [0, 0.1) is 5.92 Å². The van der Waals surface area contributed by atoms with Gasteiger partial charge in [0.1, 0.15) is 11.7 Å². The minimum Gasteiger partial charge on any atom is -0.480 e. The molecule has 106 valence electrons. The second-order valence-corrected chi connectivity index (χ2v) is 5.95. The second-order valence-electron chi connectivity index (χ2n) is 5.95. The maximum absolute atomic E-state index is 11.9. The predicted molar refractivity (Wildman–Crippen MR) is 71.0 cm³/mol. The molecule has 0 aromatic carbocycles. The number of aromatic nitrogens is 2. The van der Waals surface area contributed by atoms with Crippen LogP contribution in [0.3, 0.4) is 0 Å². The third-order valence-corrected chi connectivity index (χ3v) is 2.84. The Labute approximate surface area is 112 Å². The molecule has 1 aromatic heterocycles. The number of carboxylic acid groups (broad SMARTS) is 1. The van der Waals surface area contributed by atoms with Crippen LogP contribution in [-0.4, -0.2) is 33.2 Å². The first-order valence-corrected chi connectivity index (χ1v) is 6.22. The number of carbonyl (C=O) groups excluding carboxylic acids is 1. The number of carboxylic acids is 1. The van der Waals surface area contributed by atoms with Crippen LogP contribution in [-0.2, 0) is 10.2 Å². The Morgan fingerprint density at radius 2 is 1.95 bits per heavy atom. The van der Waals surface area contributed by atoms with Crippen molar-refractivity contribution in [1.82, 2.24) is 15.5 Å². The molecule has 0 fully saturated rings. The van der Waals surface area contributed by atoms with E-state index in [0.29, 0.717) is 0 Å². The summed E-state index contributed by atoms with van der Waals surface area (Å²) in [5.74, 6) is -1.72. The van der Waals surface area contributed by atoms with Crippen molar-refractivity contribution in [2.24, 2.45) is 5.92 Å². The smallest absolute Gasteiger partial charge is 0.326 e. The number of amides is 1. The molecule has 1 aromatic rings. The maximum Gasteiger partial charge on any atom is 0.326 e. The maximum atomic E-state index is 11.9. The lowest BCUT2D eigenvalue weighted by atomic mass is 9.92. The van der Waals surface area contributed by atoms with Gasteiger partial charge in [-0.25, -0.2) is 4.79 Å². The van der Waals surface area contributed by atoms with Gasteiger partial charge in [-0.05, 0) is 12.0 Å². The number of nitrogens with one attached hydrogen (secondary N) is 2. The van der Waals surface area contributed by atoms with E-state index in [0.717, 1.165) is 5.69 Å². The van der Waals surface area contributed by atoms with Crippen molar-refractivity contribution in [3.63, 3.8) is 0 Å². The van der Waals surface area contributed by atoms with E-state index in [1.54, 1.807) is 19.9 Å². The van der Waals surface area contributed by atoms with Crippen molar-refractivity contribution in [1.29, 1.82) is 0 Å². The summed E-state index contributed by atoms with van der Waals surface area (Å²) in [4.78, 5) is 23.0. The molecule has 0 saturated heterocycles. The SMILES string of the molecule is CC(C)[C@H](NC(=O)c1cc(C(C)(C)C)[nH]n1)C(=O)O. The van der Waals surface area contributed by atoms with E-state index in [9.17, 15) is 9.59 Å². The predicted octanol–water partition coefficient (Wildman–Crippen LogP) is 1.55. The number of rotatable bonds is 4. The van der Waals surface area contributed by atoms with Crippen LogP contribution in [0.25, 0.3) is 0 Å². The van der Waals surface area contributed by atoms with Crippen molar-refractivity contribution in [2.75, 3.05) is 0 Å². The summed E-state index contributed by atoms with van der Waals surface area (Å²) in [6.07, 6.45) is 0. The molecule has 0 spiro atoms. The number of aromatic amines is 1. The number of H-pyrrole nitrogens is 1. The summed E-state index contributed by atoms with van der Waals surface area (Å²) >= 11 is 0. The molecule has 1 amide bonds. The molecule has 1 atom stereocenters. The molecule has 19 heavy (non-hydrogen) atoms. The number of carbonyl (C=O) groups is 2. The van der Waals surface area contributed by atoms with Gasteiger partial charge in [0, 0.05) is 11.1 Å².